The molecule has 1 aliphatic carbocycles. The Morgan fingerprint density at radius 3 is 2.58 bits per heavy atom. The Kier molecular flexibility index (Phi) is 5.71. The minimum absolute atomic E-state index is 0.0235. The molecular formula is C17H26N4O2S. The highest BCUT2D eigenvalue weighted by atomic mass is 32.1. The van der Waals surface area contributed by atoms with E-state index in [1.54, 1.807) is 0 Å². The minimum Gasteiger partial charge on any atom is -0.338 e. The molecule has 1 saturated carbocycles. The number of hydrogen-bond donors (Lipinski definition) is 2. The Bertz CT molecular complexity index is 575. The van der Waals surface area contributed by atoms with Gasteiger partial charge in [-0.25, -0.2) is 9.78 Å². The SMILES string of the molecule is Cc1csc(NC(=O)C2CCN(C(=O)NCC3CCCC3)CC2)n1. The Morgan fingerprint density at radius 1 is 1.25 bits per heavy atom. The van der Waals surface area contributed by atoms with Gasteiger partial charge in [0, 0.05) is 30.9 Å². The number of urea groups is 1. The molecule has 1 saturated heterocycles. The third-order valence-electron chi connectivity index (χ3n) is 5.02. The highest BCUT2D eigenvalue weighted by Gasteiger charge is 2.28. The highest BCUT2D eigenvalue weighted by Crippen LogP contribution is 2.24. The van der Waals surface area contributed by atoms with Crippen LogP contribution < -0.4 is 10.6 Å². The molecule has 0 atom stereocenters. The lowest BCUT2D eigenvalue weighted by atomic mass is 9.96. The Hall–Kier alpha value is -1.63. The van der Waals surface area contributed by atoms with Crippen molar-refractivity contribution >= 4 is 28.4 Å². The lowest BCUT2D eigenvalue weighted by Crippen LogP contribution is -2.47. The van der Waals surface area contributed by atoms with Crippen LogP contribution in [0.5, 0.6) is 0 Å². The summed E-state index contributed by atoms with van der Waals surface area (Å²) >= 11 is 1.45. The molecule has 0 bridgehead atoms. The molecule has 1 aromatic rings. The second-order valence-corrected chi connectivity index (χ2v) is 7.74. The first-order chi connectivity index (χ1) is 11.6. The zero-order valence-electron chi connectivity index (χ0n) is 14.2. The fourth-order valence-corrected chi connectivity index (χ4v) is 4.21. The van der Waals surface area contributed by atoms with Crippen molar-refractivity contribution in [2.45, 2.75) is 45.4 Å². The number of anilines is 1. The van der Waals surface area contributed by atoms with Crippen molar-refractivity contribution in [3.05, 3.63) is 11.1 Å². The summed E-state index contributed by atoms with van der Waals surface area (Å²) in [6.07, 6.45) is 6.48. The number of piperidine rings is 1. The molecular weight excluding hydrogens is 324 g/mol. The number of rotatable bonds is 4. The van der Waals surface area contributed by atoms with Crippen LogP contribution in [0.3, 0.4) is 0 Å². The van der Waals surface area contributed by atoms with Gasteiger partial charge in [-0.3, -0.25) is 4.79 Å². The summed E-state index contributed by atoms with van der Waals surface area (Å²) in [4.78, 5) is 30.6. The maximum Gasteiger partial charge on any atom is 0.317 e. The second-order valence-electron chi connectivity index (χ2n) is 6.88. The van der Waals surface area contributed by atoms with Gasteiger partial charge < -0.3 is 15.5 Å². The van der Waals surface area contributed by atoms with Crippen molar-refractivity contribution in [1.82, 2.24) is 15.2 Å². The number of amides is 3. The molecule has 0 radical (unpaired) electrons. The number of aromatic nitrogens is 1. The van der Waals surface area contributed by atoms with Crippen LogP contribution in [-0.4, -0.2) is 41.5 Å². The molecule has 3 rings (SSSR count). The van der Waals surface area contributed by atoms with Crippen molar-refractivity contribution in [1.29, 1.82) is 0 Å². The van der Waals surface area contributed by atoms with Gasteiger partial charge in [0.15, 0.2) is 5.13 Å². The van der Waals surface area contributed by atoms with Gasteiger partial charge in [0.2, 0.25) is 5.91 Å². The summed E-state index contributed by atoms with van der Waals surface area (Å²) in [6, 6.07) is 0.0244. The van der Waals surface area contributed by atoms with Crippen molar-refractivity contribution in [3.8, 4) is 0 Å². The van der Waals surface area contributed by atoms with E-state index in [2.05, 4.69) is 15.6 Å². The van der Waals surface area contributed by atoms with Crippen LogP contribution in [0.1, 0.15) is 44.2 Å². The van der Waals surface area contributed by atoms with Crippen LogP contribution >= 0.6 is 11.3 Å². The monoisotopic (exact) mass is 350 g/mol. The molecule has 2 fully saturated rings. The maximum absolute atomic E-state index is 12.3. The first-order valence-corrected chi connectivity index (χ1v) is 9.75. The highest BCUT2D eigenvalue weighted by molar-refractivity contribution is 7.13. The van der Waals surface area contributed by atoms with Gasteiger partial charge in [0.1, 0.15) is 0 Å². The second kappa shape index (κ2) is 7.96. The number of hydrogen-bond acceptors (Lipinski definition) is 4. The fraction of sp³-hybridized carbons (Fsp3) is 0.706. The molecule has 2 aliphatic rings. The Labute approximate surface area is 147 Å². The van der Waals surface area contributed by atoms with E-state index in [9.17, 15) is 9.59 Å². The van der Waals surface area contributed by atoms with E-state index >= 15 is 0 Å². The van der Waals surface area contributed by atoms with E-state index in [1.807, 2.05) is 17.2 Å². The van der Waals surface area contributed by atoms with Crippen LogP contribution in [0, 0.1) is 18.8 Å². The van der Waals surface area contributed by atoms with Crippen LogP contribution in [0.4, 0.5) is 9.93 Å². The van der Waals surface area contributed by atoms with Crippen LogP contribution in [0.25, 0.3) is 0 Å². The Morgan fingerprint density at radius 2 is 1.96 bits per heavy atom. The number of likely N-dealkylation sites (tertiary alicyclic amines) is 1. The lowest BCUT2D eigenvalue weighted by molar-refractivity contribution is -0.121. The molecule has 132 valence electrons. The van der Waals surface area contributed by atoms with E-state index < -0.39 is 0 Å². The van der Waals surface area contributed by atoms with Gasteiger partial charge in [0.05, 0.1) is 5.69 Å². The summed E-state index contributed by atoms with van der Waals surface area (Å²) < 4.78 is 0. The molecule has 0 unspecified atom stereocenters. The lowest BCUT2D eigenvalue weighted by Gasteiger charge is -2.31. The first-order valence-electron chi connectivity index (χ1n) is 8.87. The topological polar surface area (TPSA) is 74.3 Å². The number of aryl methyl sites for hydroxylation is 1. The minimum atomic E-state index is -0.0342. The predicted octanol–water partition coefficient (Wildman–Crippen LogP) is 3.00. The standard InChI is InChI=1S/C17H26N4O2S/c1-12-11-24-16(19-12)20-15(22)14-6-8-21(9-7-14)17(23)18-10-13-4-2-3-5-13/h11,13-14H,2-10H2,1H3,(H,18,23)(H,19,20,22). The largest absolute Gasteiger partial charge is 0.338 e. The van der Waals surface area contributed by atoms with Gasteiger partial charge in [-0.1, -0.05) is 12.8 Å². The van der Waals surface area contributed by atoms with Crippen molar-refractivity contribution < 1.29 is 9.59 Å². The van der Waals surface area contributed by atoms with Crippen molar-refractivity contribution in [3.63, 3.8) is 0 Å². The van der Waals surface area contributed by atoms with Gasteiger partial charge in [-0.2, -0.15) is 0 Å². The molecule has 2 heterocycles. The zero-order chi connectivity index (χ0) is 16.9. The van der Waals surface area contributed by atoms with Crippen LogP contribution in [0.15, 0.2) is 5.38 Å². The van der Waals surface area contributed by atoms with Gasteiger partial charge in [-0.05, 0) is 38.5 Å². The third kappa shape index (κ3) is 4.47. The fourth-order valence-electron chi connectivity index (χ4n) is 3.52. The summed E-state index contributed by atoms with van der Waals surface area (Å²) in [5.41, 5.74) is 0.920. The van der Waals surface area contributed by atoms with Gasteiger partial charge >= 0.3 is 6.03 Å². The average molecular weight is 350 g/mol. The quantitative estimate of drug-likeness (QED) is 0.876. The zero-order valence-corrected chi connectivity index (χ0v) is 15.0. The number of thiazole rings is 1. The molecule has 2 N–H and O–H groups in total. The number of carbonyl (C=O) groups is 2. The van der Waals surface area contributed by atoms with E-state index in [-0.39, 0.29) is 17.9 Å². The molecule has 24 heavy (non-hydrogen) atoms. The van der Waals surface area contributed by atoms with Crippen LogP contribution in [-0.2, 0) is 4.79 Å². The normalized spacial score (nSPS) is 19.5. The summed E-state index contributed by atoms with van der Waals surface area (Å²) in [5.74, 6) is 0.641. The maximum atomic E-state index is 12.3. The smallest absolute Gasteiger partial charge is 0.317 e. The summed E-state index contributed by atoms with van der Waals surface area (Å²) in [5, 5.41) is 8.53. The van der Waals surface area contributed by atoms with Gasteiger partial charge in [0.25, 0.3) is 0 Å². The molecule has 1 aliphatic heterocycles. The van der Waals surface area contributed by atoms with E-state index in [0.29, 0.717) is 37.0 Å². The molecule has 1 aromatic heterocycles. The number of nitrogens with zero attached hydrogens (tertiary/aromatic N) is 2. The molecule has 3 amide bonds. The predicted molar refractivity (Wildman–Crippen MR) is 95.1 cm³/mol. The van der Waals surface area contributed by atoms with E-state index in [4.69, 9.17) is 0 Å². The van der Waals surface area contributed by atoms with Gasteiger partial charge in [-0.15, -0.1) is 11.3 Å². The molecule has 6 nitrogen and oxygen atoms in total. The molecule has 0 aromatic carbocycles. The summed E-state index contributed by atoms with van der Waals surface area (Å²) in [7, 11) is 0. The van der Waals surface area contributed by atoms with Crippen LogP contribution in [0.2, 0.25) is 0 Å². The number of carbonyl (C=O) groups excluding carboxylic acids is 2. The molecule has 7 heteroatoms. The van der Waals surface area contributed by atoms with Crippen molar-refractivity contribution in [2.75, 3.05) is 25.0 Å². The summed E-state index contributed by atoms with van der Waals surface area (Å²) in [6.45, 7) is 3.99. The third-order valence-corrected chi connectivity index (χ3v) is 5.89. The average Bonchev–Trinajstić information content (AvgIpc) is 3.24. The molecule has 0 spiro atoms. The Balaban J connectivity index is 1.39. The van der Waals surface area contributed by atoms with E-state index in [1.165, 1.54) is 37.0 Å². The van der Waals surface area contributed by atoms with E-state index in [0.717, 1.165) is 12.2 Å². The van der Waals surface area contributed by atoms with Crippen molar-refractivity contribution in [2.24, 2.45) is 11.8 Å². The first kappa shape index (κ1) is 17.2. The number of nitrogens with one attached hydrogen (secondary N) is 2.